The molecule has 0 spiro atoms. The molecule has 2 aromatic heterocycles. The van der Waals surface area contributed by atoms with Gasteiger partial charge in [-0.1, -0.05) is 11.6 Å². The first-order chi connectivity index (χ1) is 16.8. The molecular weight excluding hydrogens is 514 g/mol. The lowest BCUT2D eigenvalue weighted by molar-refractivity contribution is 0.0458. The first-order valence-corrected chi connectivity index (χ1v) is 13.7. The van der Waals surface area contributed by atoms with Gasteiger partial charge in [0.1, 0.15) is 0 Å². The fourth-order valence-electron chi connectivity index (χ4n) is 4.08. The molecule has 0 bridgehead atoms. The summed E-state index contributed by atoms with van der Waals surface area (Å²) in [7, 11) is -1.26. The Labute approximate surface area is 213 Å². The van der Waals surface area contributed by atoms with E-state index in [1.165, 1.54) is 32.5 Å². The van der Waals surface area contributed by atoms with Crippen molar-refractivity contribution < 1.29 is 27.4 Å². The molecule has 1 fully saturated rings. The van der Waals surface area contributed by atoms with Gasteiger partial charge < -0.3 is 19.1 Å². The number of hydrogen-bond donors (Lipinski definition) is 1. The highest BCUT2D eigenvalue weighted by Crippen LogP contribution is 2.39. The van der Waals surface area contributed by atoms with Gasteiger partial charge in [-0.15, -0.1) is 11.3 Å². The number of carbonyl (C=O) groups is 1. The number of aromatic nitrogens is 1. The number of esters is 1. The third-order valence-corrected chi connectivity index (χ3v) is 8.41. The number of sulfonamides is 1. The number of nitrogens with zero attached hydrogens (tertiary/aromatic N) is 2. The number of piperidine rings is 1. The maximum atomic E-state index is 13.3. The van der Waals surface area contributed by atoms with Gasteiger partial charge in [-0.25, -0.2) is 18.2 Å². The first-order valence-electron chi connectivity index (χ1n) is 11.0. The number of carbonyl (C=O) groups excluding carboxylic acids is 1. The number of methoxy groups -OCH3 is 2. The Kier molecular flexibility index (Phi) is 7.70. The molecule has 35 heavy (non-hydrogen) atoms. The molecule has 0 saturated carbocycles. The van der Waals surface area contributed by atoms with E-state index in [9.17, 15) is 13.2 Å². The van der Waals surface area contributed by atoms with Crippen LogP contribution in [0, 0.1) is 0 Å². The van der Waals surface area contributed by atoms with Crippen molar-refractivity contribution in [2.24, 2.45) is 0 Å². The van der Waals surface area contributed by atoms with Gasteiger partial charge in [0.2, 0.25) is 0 Å². The highest BCUT2D eigenvalue weighted by molar-refractivity contribution is 7.92. The summed E-state index contributed by atoms with van der Waals surface area (Å²) < 4.78 is 45.8. The number of benzene rings is 1. The Bertz CT molecular complexity index is 1340. The standard InChI is InChI=1S/C23H26ClN3O6S2/c1-4-33-15-7-9-27(10-8-15)22-18(11-14(24)13-25-22)26-35(29,30)16-5-6-17-19(12-16)34-21(20(17)31-2)23(28)32-3/h5-6,11-13,15,26H,4,7-10H2,1-3H3. The summed E-state index contributed by atoms with van der Waals surface area (Å²) in [5.74, 6) is 0.318. The molecule has 188 valence electrons. The van der Waals surface area contributed by atoms with E-state index in [2.05, 4.69) is 9.71 Å². The van der Waals surface area contributed by atoms with E-state index >= 15 is 0 Å². The van der Waals surface area contributed by atoms with Crippen molar-refractivity contribution in [1.29, 1.82) is 0 Å². The molecule has 12 heteroatoms. The average molecular weight is 540 g/mol. The molecule has 9 nitrogen and oxygen atoms in total. The molecule has 3 heterocycles. The fourth-order valence-corrected chi connectivity index (χ4v) is 6.52. The van der Waals surface area contributed by atoms with Crippen LogP contribution in [-0.4, -0.2) is 59.4 Å². The van der Waals surface area contributed by atoms with Gasteiger partial charge in [0.05, 0.1) is 35.9 Å². The number of fused-ring (bicyclic) bond motifs is 1. The minimum absolute atomic E-state index is 0.0336. The van der Waals surface area contributed by atoms with Crippen molar-refractivity contribution in [3.05, 3.63) is 40.4 Å². The molecule has 0 radical (unpaired) electrons. The number of halogens is 1. The van der Waals surface area contributed by atoms with Crippen LogP contribution in [0.3, 0.4) is 0 Å². The zero-order valence-corrected chi connectivity index (χ0v) is 21.9. The molecule has 3 aromatic rings. The van der Waals surface area contributed by atoms with E-state index in [1.807, 2.05) is 11.8 Å². The summed E-state index contributed by atoms with van der Waals surface area (Å²) in [6.45, 7) is 4.01. The molecule has 1 saturated heterocycles. The van der Waals surface area contributed by atoms with Crippen LogP contribution < -0.4 is 14.4 Å². The van der Waals surface area contributed by atoms with E-state index in [4.69, 9.17) is 25.8 Å². The number of ether oxygens (including phenoxy) is 3. The molecule has 0 aliphatic carbocycles. The molecule has 0 unspecified atom stereocenters. The highest BCUT2D eigenvalue weighted by atomic mass is 35.5. The van der Waals surface area contributed by atoms with Crippen LogP contribution in [0.15, 0.2) is 35.4 Å². The molecular formula is C23H26ClN3O6S2. The minimum Gasteiger partial charge on any atom is -0.494 e. The van der Waals surface area contributed by atoms with Crippen LogP contribution in [0.2, 0.25) is 5.02 Å². The number of anilines is 2. The van der Waals surface area contributed by atoms with Gasteiger partial charge in [-0.3, -0.25) is 4.72 Å². The number of nitrogens with one attached hydrogen (secondary N) is 1. The van der Waals surface area contributed by atoms with E-state index in [0.717, 1.165) is 24.2 Å². The SMILES string of the molecule is CCOC1CCN(c2ncc(Cl)cc2NS(=O)(=O)c2ccc3c(OC)c(C(=O)OC)sc3c2)CC1. The second kappa shape index (κ2) is 10.6. The van der Waals surface area contributed by atoms with Crippen LogP contribution in [0.1, 0.15) is 29.4 Å². The van der Waals surface area contributed by atoms with Crippen molar-refractivity contribution in [3.63, 3.8) is 0 Å². The summed E-state index contributed by atoms with van der Waals surface area (Å²) in [4.78, 5) is 18.9. The second-order valence-electron chi connectivity index (χ2n) is 7.89. The van der Waals surface area contributed by atoms with Gasteiger partial charge in [0.25, 0.3) is 10.0 Å². The van der Waals surface area contributed by atoms with E-state index in [-0.39, 0.29) is 15.9 Å². The van der Waals surface area contributed by atoms with Crippen LogP contribution in [-0.2, 0) is 19.5 Å². The van der Waals surface area contributed by atoms with Crippen LogP contribution >= 0.6 is 22.9 Å². The van der Waals surface area contributed by atoms with Crippen molar-refractivity contribution in [2.45, 2.75) is 30.8 Å². The summed E-state index contributed by atoms with van der Waals surface area (Å²) in [5, 5.41) is 0.941. The summed E-state index contributed by atoms with van der Waals surface area (Å²) in [5.41, 5.74) is 0.298. The molecule has 0 atom stereocenters. The van der Waals surface area contributed by atoms with Gasteiger partial charge in [0.15, 0.2) is 16.4 Å². The molecule has 1 N–H and O–H groups in total. The maximum Gasteiger partial charge on any atom is 0.351 e. The summed E-state index contributed by atoms with van der Waals surface area (Å²) in [6, 6.07) is 6.13. The zero-order valence-electron chi connectivity index (χ0n) is 19.5. The quantitative estimate of drug-likeness (QED) is 0.415. The Morgan fingerprint density at radius 3 is 2.66 bits per heavy atom. The Balaban J connectivity index is 1.64. The van der Waals surface area contributed by atoms with E-state index in [1.54, 1.807) is 12.1 Å². The number of thiophene rings is 1. The molecule has 1 aliphatic heterocycles. The number of pyridine rings is 1. The molecule has 0 amide bonds. The molecule has 1 aliphatic rings. The summed E-state index contributed by atoms with van der Waals surface area (Å²) in [6.07, 6.45) is 3.34. The third kappa shape index (κ3) is 5.32. The van der Waals surface area contributed by atoms with Gasteiger partial charge in [0, 0.05) is 36.0 Å². The van der Waals surface area contributed by atoms with Gasteiger partial charge >= 0.3 is 5.97 Å². The third-order valence-electron chi connectivity index (χ3n) is 5.72. The average Bonchev–Trinajstić information content (AvgIpc) is 3.22. The van der Waals surface area contributed by atoms with Crippen molar-refractivity contribution in [2.75, 3.05) is 43.5 Å². The van der Waals surface area contributed by atoms with Crippen molar-refractivity contribution in [3.8, 4) is 5.75 Å². The number of hydrogen-bond acceptors (Lipinski definition) is 9. The lowest BCUT2D eigenvalue weighted by Crippen LogP contribution is -2.38. The predicted molar refractivity (Wildman–Crippen MR) is 137 cm³/mol. The number of rotatable bonds is 8. The van der Waals surface area contributed by atoms with E-state index in [0.29, 0.717) is 52.1 Å². The Morgan fingerprint density at radius 1 is 1.26 bits per heavy atom. The highest BCUT2D eigenvalue weighted by Gasteiger charge is 2.26. The van der Waals surface area contributed by atoms with Crippen LogP contribution in [0.25, 0.3) is 10.1 Å². The van der Waals surface area contributed by atoms with Crippen LogP contribution in [0.5, 0.6) is 5.75 Å². The van der Waals surface area contributed by atoms with Crippen molar-refractivity contribution in [1.82, 2.24) is 4.98 Å². The van der Waals surface area contributed by atoms with E-state index < -0.39 is 16.0 Å². The largest absolute Gasteiger partial charge is 0.494 e. The fraction of sp³-hybridized carbons (Fsp3) is 0.391. The maximum absolute atomic E-state index is 13.3. The summed E-state index contributed by atoms with van der Waals surface area (Å²) >= 11 is 7.27. The Morgan fingerprint density at radius 2 is 2.00 bits per heavy atom. The molecule has 4 rings (SSSR count). The van der Waals surface area contributed by atoms with Gasteiger partial charge in [-0.2, -0.15) is 0 Å². The monoisotopic (exact) mass is 539 g/mol. The lowest BCUT2D eigenvalue weighted by Gasteiger charge is -2.33. The van der Waals surface area contributed by atoms with Crippen LogP contribution in [0.4, 0.5) is 11.5 Å². The predicted octanol–water partition coefficient (Wildman–Crippen LogP) is 4.55. The van der Waals surface area contributed by atoms with Crippen molar-refractivity contribution >= 4 is 60.5 Å². The van der Waals surface area contributed by atoms with Gasteiger partial charge in [-0.05, 0) is 44.0 Å². The first kappa shape index (κ1) is 25.5. The Hall–Kier alpha value is -2.60. The normalized spacial score (nSPS) is 14.8. The minimum atomic E-state index is -3.99. The molecule has 1 aromatic carbocycles. The second-order valence-corrected chi connectivity index (χ2v) is 11.1. The topological polar surface area (TPSA) is 107 Å². The smallest absolute Gasteiger partial charge is 0.351 e. The lowest BCUT2D eigenvalue weighted by atomic mass is 10.1. The zero-order chi connectivity index (χ0) is 25.2.